The number of carbonyl (C=O) groups excluding carboxylic acids is 2. The topological polar surface area (TPSA) is 126 Å². The van der Waals surface area contributed by atoms with E-state index in [1.54, 1.807) is 37.4 Å². The van der Waals surface area contributed by atoms with Crippen LogP contribution in [0.1, 0.15) is 63.8 Å². The van der Waals surface area contributed by atoms with E-state index in [1.807, 2.05) is 0 Å². The predicted octanol–water partition coefficient (Wildman–Crippen LogP) is 5.72. The largest absolute Gasteiger partial charge is 0.478 e. The van der Waals surface area contributed by atoms with Crippen LogP contribution in [0.15, 0.2) is 60.9 Å². The maximum absolute atomic E-state index is 14.6. The second kappa shape index (κ2) is 11.3. The quantitative estimate of drug-likeness (QED) is 0.293. The summed E-state index contributed by atoms with van der Waals surface area (Å²) in [5, 5.41) is 19.6. The van der Waals surface area contributed by atoms with Gasteiger partial charge in [-0.25, -0.2) is 13.9 Å². The molecule has 0 fully saturated rings. The number of amides is 2. The molecule has 0 aliphatic carbocycles. The van der Waals surface area contributed by atoms with E-state index in [9.17, 15) is 23.9 Å². The first kappa shape index (κ1) is 27.0. The number of carboxylic acid groups (broad SMARTS) is 1. The Morgan fingerprint density at radius 1 is 1.18 bits per heavy atom. The summed E-state index contributed by atoms with van der Waals surface area (Å²) in [6, 6.07) is 12.1. The van der Waals surface area contributed by atoms with Gasteiger partial charge in [-0.05, 0) is 67.8 Å². The molecule has 0 spiro atoms. The smallest absolute Gasteiger partial charge is 0.335 e. The van der Waals surface area contributed by atoms with Crippen molar-refractivity contribution in [3.05, 3.63) is 94.3 Å². The van der Waals surface area contributed by atoms with Crippen LogP contribution in [0.3, 0.4) is 0 Å². The molecule has 11 heteroatoms. The van der Waals surface area contributed by atoms with E-state index in [4.69, 9.17) is 11.6 Å². The van der Waals surface area contributed by atoms with E-state index >= 15 is 0 Å². The summed E-state index contributed by atoms with van der Waals surface area (Å²) in [4.78, 5) is 42.2. The van der Waals surface area contributed by atoms with Gasteiger partial charge in [0, 0.05) is 23.9 Å². The zero-order valence-corrected chi connectivity index (χ0v) is 22.2. The van der Waals surface area contributed by atoms with Crippen molar-refractivity contribution in [2.24, 2.45) is 0 Å². The third-order valence-corrected chi connectivity index (χ3v) is 7.15. The van der Waals surface area contributed by atoms with Crippen LogP contribution in [0.4, 0.5) is 10.1 Å². The Hall–Kier alpha value is -4.57. The molecule has 1 unspecified atom stereocenters. The van der Waals surface area contributed by atoms with Gasteiger partial charge in [0.15, 0.2) is 5.82 Å². The number of benzene rings is 2. The van der Waals surface area contributed by atoms with Crippen molar-refractivity contribution in [3.8, 4) is 16.8 Å². The number of aromatic nitrogens is 3. The van der Waals surface area contributed by atoms with Gasteiger partial charge in [0.25, 0.3) is 5.91 Å². The van der Waals surface area contributed by atoms with Crippen molar-refractivity contribution in [2.45, 2.75) is 38.6 Å². The zero-order valence-electron chi connectivity index (χ0n) is 21.4. The summed E-state index contributed by atoms with van der Waals surface area (Å²) >= 11 is 5.93. The molecule has 9 nitrogen and oxygen atoms in total. The Balaban J connectivity index is 1.49. The number of rotatable bonds is 4. The number of nitrogens with one attached hydrogen (secondary N) is 2. The Kier molecular flexibility index (Phi) is 7.61. The van der Waals surface area contributed by atoms with Gasteiger partial charge in [0.1, 0.15) is 5.69 Å². The maximum Gasteiger partial charge on any atom is 0.335 e. The number of aromatic carboxylic acids is 1. The highest BCUT2D eigenvalue weighted by Gasteiger charge is 2.23. The summed E-state index contributed by atoms with van der Waals surface area (Å²) in [5.41, 5.74) is 3.14. The molecule has 3 heterocycles. The Morgan fingerprint density at radius 2 is 2.00 bits per heavy atom. The summed E-state index contributed by atoms with van der Waals surface area (Å²) in [6.07, 6.45) is 4.94. The molecular weight excluding hydrogens is 537 g/mol. The molecule has 4 aromatic rings. The summed E-state index contributed by atoms with van der Waals surface area (Å²) < 4.78 is 16.0. The first-order valence-electron chi connectivity index (χ1n) is 12.7. The predicted molar refractivity (Wildman–Crippen MR) is 147 cm³/mol. The van der Waals surface area contributed by atoms with Crippen molar-refractivity contribution < 1.29 is 23.9 Å². The molecule has 3 N–H and O–H groups in total. The molecule has 40 heavy (non-hydrogen) atoms. The van der Waals surface area contributed by atoms with Gasteiger partial charge in [0.2, 0.25) is 5.91 Å². The van der Waals surface area contributed by atoms with E-state index in [1.165, 1.54) is 35.1 Å². The number of fused-ring (bicyclic) bond motifs is 4. The fourth-order valence-electron chi connectivity index (χ4n) is 4.74. The fraction of sp³-hybridized carbons (Fsp3) is 0.207. The fourth-order valence-corrected chi connectivity index (χ4v) is 4.91. The minimum atomic E-state index is -1.09. The van der Waals surface area contributed by atoms with Crippen LogP contribution in [0.5, 0.6) is 0 Å². The zero-order chi connectivity index (χ0) is 28.4. The lowest BCUT2D eigenvalue weighted by molar-refractivity contribution is -0.116. The number of hydrogen-bond acceptors (Lipinski definition) is 5. The monoisotopic (exact) mass is 561 g/mol. The van der Waals surface area contributed by atoms with Crippen LogP contribution < -0.4 is 10.6 Å². The standard InChI is InChI=1S/C29H25ClFN5O4/c1-16-20(15-33-36(16)25-7-4-5-21(30)27(25)31)28(38)35-23-6-2-3-8-26(37)34-22-10-9-18(29(39)40)13-19(22)17-11-12-32-24(23)14-17/h4-5,7,9-15,23H,2-3,6,8H2,1H3,(H,34,37)(H,35,38)(H,39,40). The van der Waals surface area contributed by atoms with Gasteiger partial charge >= 0.3 is 5.97 Å². The first-order chi connectivity index (χ1) is 19.2. The van der Waals surface area contributed by atoms with Gasteiger partial charge in [-0.1, -0.05) is 24.1 Å². The average molecular weight is 562 g/mol. The van der Waals surface area contributed by atoms with Crippen LogP contribution in [-0.2, 0) is 4.79 Å². The van der Waals surface area contributed by atoms with Crippen LogP contribution in [-0.4, -0.2) is 37.7 Å². The molecule has 2 aromatic carbocycles. The van der Waals surface area contributed by atoms with Crippen molar-refractivity contribution in [3.63, 3.8) is 0 Å². The second-order valence-corrected chi connectivity index (χ2v) is 9.89. The lowest BCUT2D eigenvalue weighted by atomic mass is 9.97. The number of carbonyl (C=O) groups is 3. The van der Waals surface area contributed by atoms with Gasteiger partial charge in [-0.15, -0.1) is 0 Å². The molecule has 0 saturated carbocycles. The van der Waals surface area contributed by atoms with Gasteiger partial charge in [-0.2, -0.15) is 5.10 Å². The molecule has 1 aliphatic rings. The molecule has 1 atom stereocenters. The molecule has 2 amide bonds. The number of hydrogen-bond donors (Lipinski definition) is 3. The number of halogens is 2. The minimum absolute atomic E-state index is 0.0525. The molecule has 204 valence electrons. The minimum Gasteiger partial charge on any atom is -0.478 e. The van der Waals surface area contributed by atoms with Gasteiger partial charge < -0.3 is 15.7 Å². The second-order valence-electron chi connectivity index (χ2n) is 9.48. The maximum atomic E-state index is 14.6. The number of carboxylic acids is 1. The first-order valence-corrected chi connectivity index (χ1v) is 13.0. The number of nitrogens with zero attached hydrogens (tertiary/aromatic N) is 3. The Labute approximate surface area is 234 Å². The molecule has 0 radical (unpaired) electrons. The van der Waals surface area contributed by atoms with Crippen molar-refractivity contribution >= 4 is 35.1 Å². The van der Waals surface area contributed by atoms with E-state index < -0.39 is 23.7 Å². The summed E-state index contributed by atoms with van der Waals surface area (Å²) in [5.74, 6) is -2.33. The van der Waals surface area contributed by atoms with Crippen molar-refractivity contribution in [1.29, 1.82) is 0 Å². The Morgan fingerprint density at radius 3 is 2.80 bits per heavy atom. The van der Waals surface area contributed by atoms with E-state index in [-0.39, 0.29) is 34.2 Å². The number of anilines is 1. The van der Waals surface area contributed by atoms with Crippen LogP contribution in [0.2, 0.25) is 5.02 Å². The number of pyridine rings is 1. The lowest BCUT2D eigenvalue weighted by Gasteiger charge is -2.21. The Bertz CT molecular complexity index is 1640. The van der Waals surface area contributed by atoms with E-state index in [0.717, 1.165) is 0 Å². The van der Waals surface area contributed by atoms with Gasteiger partial charge in [0.05, 0.1) is 39.8 Å². The van der Waals surface area contributed by atoms with Crippen LogP contribution in [0, 0.1) is 12.7 Å². The lowest BCUT2D eigenvalue weighted by Crippen LogP contribution is -2.29. The van der Waals surface area contributed by atoms with E-state index in [0.29, 0.717) is 47.5 Å². The molecule has 1 aliphatic heterocycles. The highest BCUT2D eigenvalue weighted by molar-refractivity contribution is 6.30. The van der Waals surface area contributed by atoms with E-state index in [2.05, 4.69) is 20.7 Å². The highest BCUT2D eigenvalue weighted by atomic mass is 35.5. The van der Waals surface area contributed by atoms with Crippen molar-refractivity contribution in [2.75, 3.05) is 5.32 Å². The average Bonchev–Trinajstić information content (AvgIpc) is 3.32. The van der Waals surface area contributed by atoms with Gasteiger partial charge in [-0.3, -0.25) is 14.6 Å². The SMILES string of the molecule is Cc1c(C(=O)NC2CCCCC(=O)Nc3ccc(C(=O)O)cc3-c3ccnc2c3)cnn1-c1cccc(Cl)c1F. The normalized spacial score (nSPS) is 15.3. The third kappa shape index (κ3) is 5.43. The van der Waals surface area contributed by atoms with Crippen molar-refractivity contribution in [1.82, 2.24) is 20.1 Å². The van der Waals surface area contributed by atoms with Crippen LogP contribution >= 0.6 is 11.6 Å². The summed E-state index contributed by atoms with van der Waals surface area (Å²) in [7, 11) is 0. The summed E-state index contributed by atoms with van der Waals surface area (Å²) in [6.45, 7) is 1.66. The molecule has 2 bridgehead atoms. The molecule has 5 rings (SSSR count). The molecule has 0 saturated heterocycles. The third-order valence-electron chi connectivity index (χ3n) is 6.86. The molecule has 2 aromatic heterocycles. The highest BCUT2D eigenvalue weighted by Crippen LogP contribution is 2.32. The molecular formula is C29H25ClFN5O4. The van der Waals surface area contributed by atoms with Crippen LogP contribution in [0.25, 0.3) is 16.8 Å².